The Balaban J connectivity index is 1.85. The molecule has 0 spiro atoms. The van der Waals surface area contributed by atoms with E-state index in [0.717, 1.165) is 22.0 Å². The van der Waals surface area contributed by atoms with Crippen LogP contribution in [0.25, 0.3) is 10.9 Å². The summed E-state index contributed by atoms with van der Waals surface area (Å²) in [6.45, 7) is 3.78. The molecule has 0 saturated heterocycles. The number of hydrogen-bond donors (Lipinski definition) is 2. The summed E-state index contributed by atoms with van der Waals surface area (Å²) < 4.78 is 1.72. The molecule has 6 heteroatoms. The van der Waals surface area contributed by atoms with E-state index in [1.165, 1.54) is 0 Å². The molecule has 0 bridgehead atoms. The molecule has 2 N–H and O–H groups in total. The van der Waals surface area contributed by atoms with Crippen molar-refractivity contribution in [2.45, 2.75) is 26.3 Å². The Morgan fingerprint density at radius 3 is 2.62 bits per heavy atom. The number of aryl methyl sites for hydroxylation is 2. The predicted molar refractivity (Wildman–Crippen MR) is 98.9 cm³/mol. The summed E-state index contributed by atoms with van der Waals surface area (Å²) in [5.41, 5.74) is 4.00. The second-order valence-corrected chi connectivity index (χ2v) is 6.39. The van der Waals surface area contributed by atoms with E-state index < -0.39 is 12.0 Å². The molecule has 1 amide bonds. The van der Waals surface area contributed by atoms with E-state index in [-0.39, 0.29) is 12.3 Å². The van der Waals surface area contributed by atoms with Crippen molar-refractivity contribution in [3.05, 3.63) is 64.8 Å². The lowest BCUT2D eigenvalue weighted by Crippen LogP contribution is -2.35. The maximum absolute atomic E-state index is 12.5. The minimum Gasteiger partial charge on any atom is -0.479 e. The SMILES string of the molecule is Cc1cccc(C(NC(=O)Cc2nn(C)c3ccccc23)C(=O)O)c1C. The highest BCUT2D eigenvalue weighted by atomic mass is 16.4. The van der Waals surface area contributed by atoms with Crippen LogP contribution in [-0.2, 0) is 23.1 Å². The molecule has 1 atom stereocenters. The number of carbonyl (C=O) groups is 2. The Hall–Kier alpha value is -3.15. The molecule has 1 heterocycles. The van der Waals surface area contributed by atoms with Crippen LogP contribution in [-0.4, -0.2) is 26.8 Å². The van der Waals surface area contributed by atoms with Crippen LogP contribution in [0.1, 0.15) is 28.4 Å². The van der Waals surface area contributed by atoms with Gasteiger partial charge in [0.1, 0.15) is 0 Å². The maximum Gasteiger partial charge on any atom is 0.330 e. The monoisotopic (exact) mass is 351 g/mol. The molecule has 3 rings (SSSR count). The van der Waals surface area contributed by atoms with E-state index in [2.05, 4.69) is 10.4 Å². The fourth-order valence-electron chi connectivity index (χ4n) is 3.14. The minimum absolute atomic E-state index is 0.0238. The maximum atomic E-state index is 12.5. The number of aromatic nitrogens is 2. The van der Waals surface area contributed by atoms with E-state index in [4.69, 9.17) is 0 Å². The molecule has 26 heavy (non-hydrogen) atoms. The molecule has 2 aromatic carbocycles. The number of amides is 1. The van der Waals surface area contributed by atoms with Crippen molar-refractivity contribution in [2.75, 3.05) is 0 Å². The van der Waals surface area contributed by atoms with Gasteiger partial charge < -0.3 is 10.4 Å². The minimum atomic E-state index is -1.09. The van der Waals surface area contributed by atoms with Gasteiger partial charge in [0, 0.05) is 12.4 Å². The summed E-state index contributed by atoms with van der Waals surface area (Å²) in [5, 5.41) is 17.5. The Labute approximate surface area is 151 Å². The standard InChI is InChI=1S/C20H21N3O3/c1-12-7-6-9-14(13(12)2)19(20(25)26)21-18(24)11-16-15-8-4-5-10-17(15)23(3)22-16/h4-10,19H,11H2,1-3H3,(H,21,24)(H,25,26). The fraction of sp³-hybridized carbons (Fsp3) is 0.250. The van der Waals surface area contributed by atoms with E-state index >= 15 is 0 Å². The lowest BCUT2D eigenvalue weighted by atomic mass is 9.97. The van der Waals surface area contributed by atoms with Crippen molar-refractivity contribution in [2.24, 2.45) is 7.05 Å². The Morgan fingerprint density at radius 1 is 1.15 bits per heavy atom. The van der Waals surface area contributed by atoms with Gasteiger partial charge in [-0.05, 0) is 36.6 Å². The molecular formula is C20H21N3O3. The summed E-state index contributed by atoms with van der Waals surface area (Å²) >= 11 is 0. The van der Waals surface area contributed by atoms with Gasteiger partial charge in [-0.15, -0.1) is 0 Å². The lowest BCUT2D eigenvalue weighted by molar-refractivity contribution is -0.142. The number of carboxylic acid groups (broad SMARTS) is 1. The van der Waals surface area contributed by atoms with Gasteiger partial charge >= 0.3 is 5.97 Å². The number of para-hydroxylation sites is 1. The molecule has 134 valence electrons. The number of aliphatic carboxylic acids is 1. The van der Waals surface area contributed by atoms with Gasteiger partial charge in [0.2, 0.25) is 5.91 Å². The number of nitrogens with zero attached hydrogens (tertiary/aromatic N) is 2. The summed E-state index contributed by atoms with van der Waals surface area (Å²) in [6, 6.07) is 12.0. The smallest absolute Gasteiger partial charge is 0.330 e. The molecule has 6 nitrogen and oxygen atoms in total. The van der Waals surface area contributed by atoms with Crippen LogP contribution in [0.5, 0.6) is 0 Å². The van der Waals surface area contributed by atoms with Crippen LogP contribution in [0.15, 0.2) is 42.5 Å². The molecule has 0 aliphatic carbocycles. The van der Waals surface area contributed by atoms with Crippen molar-refractivity contribution >= 4 is 22.8 Å². The molecule has 0 radical (unpaired) electrons. The van der Waals surface area contributed by atoms with Gasteiger partial charge in [-0.1, -0.05) is 36.4 Å². The third kappa shape index (κ3) is 3.31. The van der Waals surface area contributed by atoms with Crippen molar-refractivity contribution in [1.29, 1.82) is 0 Å². The number of benzene rings is 2. The zero-order valence-corrected chi connectivity index (χ0v) is 15.0. The predicted octanol–water partition coefficient (Wildman–Crippen LogP) is 2.67. The first-order valence-corrected chi connectivity index (χ1v) is 8.37. The van der Waals surface area contributed by atoms with Crippen LogP contribution in [0.4, 0.5) is 0 Å². The Kier molecular flexibility index (Phi) is 4.75. The van der Waals surface area contributed by atoms with Crippen molar-refractivity contribution in [1.82, 2.24) is 15.1 Å². The zero-order chi connectivity index (χ0) is 18.8. The molecule has 0 saturated carbocycles. The third-order valence-electron chi connectivity index (χ3n) is 4.67. The van der Waals surface area contributed by atoms with Gasteiger partial charge in [0.05, 0.1) is 17.6 Å². The lowest BCUT2D eigenvalue weighted by Gasteiger charge is -2.18. The number of carbonyl (C=O) groups excluding carboxylic acids is 1. The fourth-order valence-corrected chi connectivity index (χ4v) is 3.14. The van der Waals surface area contributed by atoms with E-state index in [9.17, 15) is 14.7 Å². The second kappa shape index (κ2) is 7.00. The first kappa shape index (κ1) is 17.7. The number of fused-ring (bicyclic) bond motifs is 1. The first-order valence-electron chi connectivity index (χ1n) is 8.37. The Morgan fingerprint density at radius 2 is 1.88 bits per heavy atom. The molecular weight excluding hydrogens is 330 g/mol. The van der Waals surface area contributed by atoms with Crippen molar-refractivity contribution in [3.63, 3.8) is 0 Å². The molecule has 0 fully saturated rings. The van der Waals surface area contributed by atoms with Crippen LogP contribution in [0.2, 0.25) is 0 Å². The summed E-state index contributed by atoms with van der Waals surface area (Å²) in [7, 11) is 1.82. The first-order chi connectivity index (χ1) is 12.4. The third-order valence-corrected chi connectivity index (χ3v) is 4.67. The highest BCUT2D eigenvalue weighted by molar-refractivity contribution is 5.90. The highest BCUT2D eigenvalue weighted by Crippen LogP contribution is 2.22. The molecule has 0 aliphatic heterocycles. The van der Waals surface area contributed by atoms with Crippen LogP contribution < -0.4 is 5.32 Å². The zero-order valence-electron chi connectivity index (χ0n) is 15.0. The number of hydrogen-bond acceptors (Lipinski definition) is 3. The second-order valence-electron chi connectivity index (χ2n) is 6.39. The highest BCUT2D eigenvalue weighted by Gasteiger charge is 2.25. The van der Waals surface area contributed by atoms with Crippen LogP contribution in [0.3, 0.4) is 0 Å². The van der Waals surface area contributed by atoms with Gasteiger partial charge in [0.25, 0.3) is 0 Å². The van der Waals surface area contributed by atoms with Gasteiger partial charge in [-0.25, -0.2) is 4.79 Å². The van der Waals surface area contributed by atoms with E-state index in [0.29, 0.717) is 11.3 Å². The average molecular weight is 351 g/mol. The van der Waals surface area contributed by atoms with Gasteiger partial charge in [-0.2, -0.15) is 5.10 Å². The summed E-state index contributed by atoms with van der Waals surface area (Å²) in [4.78, 5) is 24.3. The van der Waals surface area contributed by atoms with Gasteiger partial charge in [-0.3, -0.25) is 9.48 Å². The van der Waals surface area contributed by atoms with Crippen molar-refractivity contribution < 1.29 is 14.7 Å². The molecule has 3 aromatic rings. The van der Waals surface area contributed by atoms with Crippen molar-refractivity contribution in [3.8, 4) is 0 Å². The molecule has 1 aromatic heterocycles. The van der Waals surface area contributed by atoms with E-state index in [1.807, 2.05) is 51.2 Å². The number of rotatable bonds is 5. The van der Waals surface area contributed by atoms with E-state index in [1.54, 1.807) is 16.8 Å². The molecule has 0 aliphatic rings. The summed E-state index contributed by atoms with van der Waals surface area (Å²) in [6.07, 6.45) is 0.0238. The topological polar surface area (TPSA) is 84.2 Å². The number of carboxylic acids is 1. The quantitative estimate of drug-likeness (QED) is 0.740. The normalized spacial score (nSPS) is 12.1. The Bertz CT molecular complexity index is 991. The largest absolute Gasteiger partial charge is 0.479 e. The summed E-state index contributed by atoms with van der Waals surface area (Å²) in [5.74, 6) is -1.46. The van der Waals surface area contributed by atoms with Crippen LogP contribution in [0, 0.1) is 13.8 Å². The molecule has 1 unspecified atom stereocenters. The average Bonchev–Trinajstić information content (AvgIpc) is 2.91. The van der Waals surface area contributed by atoms with Crippen LogP contribution >= 0.6 is 0 Å². The number of nitrogens with one attached hydrogen (secondary N) is 1. The van der Waals surface area contributed by atoms with Gasteiger partial charge in [0.15, 0.2) is 6.04 Å².